The van der Waals surface area contributed by atoms with Gasteiger partial charge >= 0.3 is 0 Å². The monoisotopic (exact) mass is 1020 g/mol. The molecule has 16 rings (SSSR count). The molecule has 11 aromatic carbocycles. The number of para-hydroxylation sites is 3. The van der Waals surface area contributed by atoms with Gasteiger partial charge in [0.1, 0.15) is 33.5 Å². The molecule has 0 unspecified atom stereocenters. The van der Waals surface area contributed by atoms with Crippen molar-refractivity contribution >= 4 is 99.9 Å². The topological polar surface area (TPSA) is 45.9 Å². The Morgan fingerprint density at radius 3 is 1.43 bits per heavy atom. The first kappa shape index (κ1) is 45.6. The van der Waals surface area contributed by atoms with Crippen LogP contribution in [0.1, 0.15) is 73.9 Å². The largest absolute Gasteiger partial charge is 0.456 e. The van der Waals surface area contributed by atoms with Crippen molar-refractivity contribution in [1.82, 2.24) is 0 Å². The lowest BCUT2D eigenvalue weighted by Crippen LogP contribution is -2.26. The Kier molecular flexibility index (Phi) is 9.65. The zero-order valence-corrected chi connectivity index (χ0v) is 44.6. The van der Waals surface area contributed by atoms with Gasteiger partial charge in [-0.1, -0.05) is 168 Å². The van der Waals surface area contributed by atoms with Crippen LogP contribution < -0.4 is 9.80 Å². The van der Waals surface area contributed by atoms with Gasteiger partial charge in [-0.15, -0.1) is 0 Å². The number of hydrogen-bond acceptors (Lipinski definition) is 5. The smallest absolute Gasteiger partial charge is 0.145 e. The van der Waals surface area contributed by atoms with Crippen LogP contribution in [-0.2, 0) is 10.8 Å². The molecule has 0 saturated carbocycles. The van der Waals surface area contributed by atoms with E-state index < -0.39 is 5.41 Å². The highest BCUT2D eigenvalue weighted by Gasteiger charge is 2.53. The van der Waals surface area contributed by atoms with Crippen molar-refractivity contribution in [3.05, 3.63) is 264 Å². The van der Waals surface area contributed by atoms with E-state index in [1.807, 2.05) is 12.1 Å². The van der Waals surface area contributed by atoms with Crippen molar-refractivity contribution in [1.29, 1.82) is 0 Å². The van der Waals surface area contributed by atoms with Crippen LogP contribution in [0, 0.1) is 0 Å². The zero-order valence-electron chi connectivity index (χ0n) is 44.6. The van der Waals surface area contributed by atoms with Gasteiger partial charge in [-0.05, 0) is 146 Å². The Bertz CT molecular complexity index is 4770. The Balaban J connectivity index is 1.00. The summed E-state index contributed by atoms with van der Waals surface area (Å²) in [5, 5.41) is 6.50. The second-order valence-electron chi connectivity index (χ2n) is 23.0. The normalized spacial score (nSPS) is 13.3. The highest BCUT2D eigenvalue weighted by molar-refractivity contribution is 6.20. The van der Waals surface area contributed by atoms with Crippen LogP contribution in [0.4, 0.5) is 34.1 Å². The van der Waals surface area contributed by atoms with E-state index in [9.17, 15) is 0 Å². The molecule has 378 valence electrons. The molecule has 2 aliphatic rings. The van der Waals surface area contributed by atoms with Crippen molar-refractivity contribution in [2.45, 2.75) is 51.4 Å². The van der Waals surface area contributed by atoms with Crippen molar-refractivity contribution in [2.75, 3.05) is 9.80 Å². The van der Waals surface area contributed by atoms with Gasteiger partial charge in [0.15, 0.2) is 0 Å². The average molecular weight is 1020 g/mol. The van der Waals surface area contributed by atoms with Crippen molar-refractivity contribution < 1.29 is 13.3 Å². The molecule has 1 spiro atoms. The molecule has 0 aliphatic heterocycles. The summed E-state index contributed by atoms with van der Waals surface area (Å²) in [5.41, 5.74) is 22.7. The second-order valence-corrected chi connectivity index (χ2v) is 23.0. The molecule has 0 saturated heterocycles. The maximum absolute atomic E-state index is 7.41. The highest BCUT2D eigenvalue weighted by Crippen LogP contribution is 2.66. The molecular formula is C74H54N2O3. The highest BCUT2D eigenvalue weighted by atomic mass is 16.3. The lowest BCUT2D eigenvalue weighted by Gasteiger charge is -2.33. The van der Waals surface area contributed by atoms with Crippen molar-refractivity contribution in [2.24, 2.45) is 0 Å². The fourth-order valence-electron chi connectivity index (χ4n) is 13.5. The summed E-state index contributed by atoms with van der Waals surface area (Å²) in [6, 6.07) is 84.6. The Morgan fingerprint density at radius 1 is 0.367 bits per heavy atom. The summed E-state index contributed by atoms with van der Waals surface area (Å²) < 4.78 is 20.7. The molecule has 3 heterocycles. The van der Waals surface area contributed by atoms with E-state index in [-0.39, 0.29) is 5.41 Å². The van der Waals surface area contributed by atoms with Crippen LogP contribution in [0.15, 0.2) is 244 Å². The van der Waals surface area contributed by atoms with Crippen LogP contribution in [0.5, 0.6) is 0 Å². The SMILES string of the molecule is CC(C)c1ccc(N(c2ccc3c(c2)C2(c4ccccc4-c4ccccc42)c2cc(N(c4ccc(C(C)(C)C)cc4)c4ccc5c(c4)oc4ccccc45)c4c(oc5ccccc54)c2-3)c2ccc3c(c2)oc2ccccc23)cc1. The van der Waals surface area contributed by atoms with Crippen LogP contribution >= 0.6 is 0 Å². The van der Waals surface area contributed by atoms with E-state index in [1.165, 1.54) is 44.5 Å². The Hall–Kier alpha value is -9.58. The van der Waals surface area contributed by atoms with Crippen LogP contribution in [0.3, 0.4) is 0 Å². The van der Waals surface area contributed by atoms with Crippen molar-refractivity contribution in [3.63, 3.8) is 0 Å². The van der Waals surface area contributed by atoms with Gasteiger partial charge in [0, 0.05) is 73.1 Å². The summed E-state index contributed by atoms with van der Waals surface area (Å²) in [6.45, 7) is 11.3. The number of rotatable bonds is 7. The predicted octanol–water partition coefficient (Wildman–Crippen LogP) is 21.1. The van der Waals surface area contributed by atoms with Crippen LogP contribution in [0.2, 0.25) is 0 Å². The molecule has 0 N–H and O–H groups in total. The molecular weight excluding hydrogens is 965 g/mol. The molecule has 0 bridgehead atoms. The van der Waals surface area contributed by atoms with Gasteiger partial charge in [0.2, 0.25) is 0 Å². The number of nitrogens with zero attached hydrogens (tertiary/aromatic N) is 2. The molecule has 0 fully saturated rings. The summed E-state index contributed by atoms with van der Waals surface area (Å²) in [6.07, 6.45) is 0. The van der Waals surface area contributed by atoms with Crippen LogP contribution in [-0.4, -0.2) is 0 Å². The van der Waals surface area contributed by atoms with Gasteiger partial charge in [0.05, 0.1) is 16.5 Å². The Morgan fingerprint density at radius 2 is 0.835 bits per heavy atom. The van der Waals surface area contributed by atoms with Gasteiger partial charge < -0.3 is 23.1 Å². The summed E-state index contributed by atoms with van der Waals surface area (Å²) >= 11 is 0. The van der Waals surface area contributed by atoms with E-state index in [0.29, 0.717) is 5.92 Å². The van der Waals surface area contributed by atoms with E-state index >= 15 is 0 Å². The quantitative estimate of drug-likeness (QED) is 0.159. The molecule has 0 radical (unpaired) electrons. The van der Waals surface area contributed by atoms with E-state index in [1.54, 1.807) is 0 Å². The molecule has 3 aromatic heterocycles. The lowest BCUT2D eigenvalue weighted by molar-refractivity contribution is 0.590. The van der Waals surface area contributed by atoms with E-state index in [2.05, 4.69) is 263 Å². The van der Waals surface area contributed by atoms with Crippen molar-refractivity contribution in [3.8, 4) is 22.3 Å². The molecule has 0 atom stereocenters. The van der Waals surface area contributed by atoms with Gasteiger partial charge in [-0.2, -0.15) is 0 Å². The fourth-order valence-corrected chi connectivity index (χ4v) is 13.5. The third-order valence-electron chi connectivity index (χ3n) is 17.2. The first-order valence-corrected chi connectivity index (χ1v) is 27.6. The third-order valence-corrected chi connectivity index (χ3v) is 17.2. The number of anilines is 6. The Labute approximate surface area is 458 Å². The first-order valence-electron chi connectivity index (χ1n) is 27.6. The van der Waals surface area contributed by atoms with E-state index in [4.69, 9.17) is 13.3 Å². The third kappa shape index (κ3) is 6.57. The fraction of sp³-hybridized carbons (Fsp3) is 0.108. The minimum Gasteiger partial charge on any atom is -0.456 e. The van der Waals surface area contributed by atoms with Gasteiger partial charge in [-0.3, -0.25) is 0 Å². The number of fused-ring (bicyclic) bond motifs is 20. The minimum atomic E-state index is -0.754. The molecule has 79 heavy (non-hydrogen) atoms. The molecule has 5 heteroatoms. The molecule has 14 aromatic rings. The standard InChI is InChI=1S/C74H54N2O3/c1-44(2)45-26-30-47(31-27-45)75(50-34-37-56-54-18-8-13-23-65(54)77-68(56)41-50)49-36-39-58-62(40-49)74(60-21-11-6-16-52(60)53-17-7-12-22-61(53)74)63-43-64(71-59-20-10-15-25-67(59)79-72(71)70(58)63)76(48-32-28-46(29-33-48)73(3,4)5)51-35-38-57-55-19-9-14-24-66(55)78-69(57)42-51/h6-44H,1-5H3. The minimum absolute atomic E-state index is 0.0360. The molecule has 0 amide bonds. The van der Waals surface area contributed by atoms with Gasteiger partial charge in [-0.25, -0.2) is 0 Å². The summed E-state index contributed by atoms with van der Waals surface area (Å²) in [7, 11) is 0. The number of hydrogen-bond donors (Lipinski definition) is 0. The molecule has 5 nitrogen and oxygen atoms in total. The number of benzene rings is 11. The maximum Gasteiger partial charge on any atom is 0.145 e. The van der Waals surface area contributed by atoms with E-state index in [0.717, 1.165) is 111 Å². The summed E-state index contributed by atoms with van der Waals surface area (Å²) in [5.74, 6) is 0.391. The zero-order chi connectivity index (χ0) is 52.9. The first-order chi connectivity index (χ1) is 38.6. The summed E-state index contributed by atoms with van der Waals surface area (Å²) in [4.78, 5) is 4.84. The molecule has 2 aliphatic carbocycles. The number of furan rings is 3. The van der Waals surface area contributed by atoms with Crippen LogP contribution in [0.25, 0.3) is 88.1 Å². The predicted molar refractivity (Wildman–Crippen MR) is 327 cm³/mol. The average Bonchev–Trinajstić information content (AvgIpc) is 1.98. The van der Waals surface area contributed by atoms with Gasteiger partial charge in [0.25, 0.3) is 0 Å². The second kappa shape index (κ2) is 16.7. The lowest BCUT2D eigenvalue weighted by atomic mass is 9.70. The maximum atomic E-state index is 7.41.